The lowest BCUT2D eigenvalue weighted by molar-refractivity contribution is -0.142. The Balaban J connectivity index is 2.24. The van der Waals surface area contributed by atoms with Crippen molar-refractivity contribution >= 4 is 27.8 Å². The van der Waals surface area contributed by atoms with E-state index in [9.17, 15) is 14.0 Å². The van der Waals surface area contributed by atoms with Gasteiger partial charge in [0.2, 0.25) is 0 Å². The number of carbonyl (C=O) groups excluding carboxylic acids is 2. The van der Waals surface area contributed by atoms with Crippen LogP contribution in [0.1, 0.15) is 36.0 Å². The fourth-order valence-corrected chi connectivity index (χ4v) is 3.11. The molecule has 1 unspecified atom stereocenters. The molecule has 1 fully saturated rings. The van der Waals surface area contributed by atoms with E-state index in [-0.39, 0.29) is 29.9 Å². The molecule has 1 amide bonds. The standard InChI is InChI=1S/C15H17BrFNO3/c1-21-13(19)9-10-5-2-3-8-18(10)15(20)14-11(16)6-4-7-12(14)17/h4,6-7,10H,2-3,5,8-9H2,1H3. The van der Waals surface area contributed by atoms with Gasteiger partial charge in [-0.25, -0.2) is 4.39 Å². The SMILES string of the molecule is COC(=O)CC1CCCCN1C(=O)c1c(F)cccc1Br. The van der Waals surface area contributed by atoms with Crippen molar-refractivity contribution in [1.82, 2.24) is 4.90 Å². The van der Waals surface area contributed by atoms with Gasteiger partial charge >= 0.3 is 5.97 Å². The Bertz CT molecular complexity index is 529. The molecular formula is C15H17BrFNO3. The molecule has 114 valence electrons. The van der Waals surface area contributed by atoms with Gasteiger partial charge in [0.25, 0.3) is 5.91 Å². The topological polar surface area (TPSA) is 46.6 Å². The number of hydrogen-bond acceptors (Lipinski definition) is 3. The molecule has 1 aliphatic rings. The Morgan fingerprint density at radius 3 is 2.86 bits per heavy atom. The Kier molecular flexibility index (Phi) is 5.33. The summed E-state index contributed by atoms with van der Waals surface area (Å²) in [6.45, 7) is 0.529. The van der Waals surface area contributed by atoms with Gasteiger partial charge in [-0.2, -0.15) is 0 Å². The quantitative estimate of drug-likeness (QED) is 0.780. The average Bonchev–Trinajstić information content (AvgIpc) is 2.47. The summed E-state index contributed by atoms with van der Waals surface area (Å²) < 4.78 is 19.0. The molecule has 1 heterocycles. The first kappa shape index (κ1) is 15.9. The van der Waals surface area contributed by atoms with E-state index in [0.29, 0.717) is 11.0 Å². The molecule has 1 aromatic rings. The molecule has 0 saturated carbocycles. The number of amides is 1. The zero-order chi connectivity index (χ0) is 15.4. The van der Waals surface area contributed by atoms with Crippen molar-refractivity contribution in [3.05, 3.63) is 34.1 Å². The predicted octanol–water partition coefficient (Wildman–Crippen LogP) is 3.15. The lowest BCUT2D eigenvalue weighted by atomic mass is 9.98. The molecule has 0 aromatic heterocycles. The van der Waals surface area contributed by atoms with Gasteiger partial charge in [0, 0.05) is 17.1 Å². The van der Waals surface area contributed by atoms with Crippen molar-refractivity contribution in [3.63, 3.8) is 0 Å². The van der Waals surface area contributed by atoms with Crippen LogP contribution < -0.4 is 0 Å². The number of likely N-dealkylation sites (tertiary alicyclic amines) is 1. The maximum atomic E-state index is 13.9. The first-order chi connectivity index (χ1) is 10.0. The summed E-state index contributed by atoms with van der Waals surface area (Å²) in [7, 11) is 1.32. The van der Waals surface area contributed by atoms with E-state index in [2.05, 4.69) is 20.7 Å². The van der Waals surface area contributed by atoms with Crippen LogP contribution in [-0.4, -0.2) is 36.5 Å². The molecule has 2 rings (SSSR count). The lowest BCUT2D eigenvalue weighted by Crippen LogP contribution is -2.45. The summed E-state index contributed by atoms with van der Waals surface area (Å²) in [5, 5.41) is 0. The second kappa shape index (κ2) is 7.02. The maximum Gasteiger partial charge on any atom is 0.307 e. The van der Waals surface area contributed by atoms with Crippen molar-refractivity contribution in [3.8, 4) is 0 Å². The molecule has 0 radical (unpaired) electrons. The van der Waals surface area contributed by atoms with Gasteiger partial charge in [0.1, 0.15) is 5.82 Å². The molecule has 0 spiro atoms. The monoisotopic (exact) mass is 357 g/mol. The number of piperidine rings is 1. The van der Waals surface area contributed by atoms with Gasteiger partial charge in [-0.3, -0.25) is 9.59 Å². The summed E-state index contributed by atoms with van der Waals surface area (Å²) in [5.41, 5.74) is 0.0225. The van der Waals surface area contributed by atoms with Crippen LogP contribution in [0.5, 0.6) is 0 Å². The zero-order valence-electron chi connectivity index (χ0n) is 11.8. The van der Waals surface area contributed by atoms with Crippen LogP contribution in [0.3, 0.4) is 0 Å². The summed E-state index contributed by atoms with van der Waals surface area (Å²) >= 11 is 3.22. The van der Waals surface area contributed by atoms with E-state index in [0.717, 1.165) is 19.3 Å². The molecule has 1 aliphatic heterocycles. The van der Waals surface area contributed by atoms with Gasteiger partial charge < -0.3 is 9.64 Å². The van der Waals surface area contributed by atoms with E-state index in [4.69, 9.17) is 0 Å². The average molecular weight is 358 g/mol. The summed E-state index contributed by atoms with van der Waals surface area (Å²) in [6.07, 6.45) is 2.68. The Morgan fingerprint density at radius 1 is 1.43 bits per heavy atom. The maximum absolute atomic E-state index is 13.9. The Hall–Kier alpha value is -1.43. The molecule has 6 heteroatoms. The van der Waals surface area contributed by atoms with Crippen molar-refractivity contribution in [2.45, 2.75) is 31.7 Å². The van der Waals surface area contributed by atoms with Crippen LogP contribution in [0.25, 0.3) is 0 Å². The van der Waals surface area contributed by atoms with Gasteiger partial charge in [0.05, 0.1) is 19.1 Å². The number of benzene rings is 1. The fraction of sp³-hybridized carbons (Fsp3) is 0.467. The Labute approximate surface area is 131 Å². The van der Waals surface area contributed by atoms with E-state index < -0.39 is 5.82 Å². The van der Waals surface area contributed by atoms with Crippen LogP contribution >= 0.6 is 15.9 Å². The number of methoxy groups -OCH3 is 1. The molecule has 1 saturated heterocycles. The highest BCUT2D eigenvalue weighted by Gasteiger charge is 2.31. The van der Waals surface area contributed by atoms with Crippen LogP contribution in [-0.2, 0) is 9.53 Å². The number of halogens is 2. The molecule has 0 aliphatic carbocycles. The normalized spacial score (nSPS) is 18.4. The molecule has 0 bridgehead atoms. The minimum atomic E-state index is -0.559. The first-order valence-electron chi connectivity index (χ1n) is 6.86. The highest BCUT2D eigenvalue weighted by Crippen LogP contribution is 2.27. The summed E-state index contributed by atoms with van der Waals surface area (Å²) in [5.74, 6) is -1.29. The third kappa shape index (κ3) is 3.61. The number of nitrogens with zero attached hydrogens (tertiary/aromatic N) is 1. The van der Waals surface area contributed by atoms with Gasteiger partial charge in [-0.1, -0.05) is 6.07 Å². The van der Waals surface area contributed by atoms with E-state index in [1.165, 1.54) is 13.2 Å². The largest absolute Gasteiger partial charge is 0.469 e. The first-order valence-corrected chi connectivity index (χ1v) is 7.65. The third-order valence-corrected chi connectivity index (χ3v) is 4.36. The lowest BCUT2D eigenvalue weighted by Gasteiger charge is -2.35. The molecule has 21 heavy (non-hydrogen) atoms. The van der Waals surface area contributed by atoms with Gasteiger partial charge in [-0.05, 0) is 47.3 Å². The van der Waals surface area contributed by atoms with Crippen molar-refractivity contribution in [2.24, 2.45) is 0 Å². The smallest absolute Gasteiger partial charge is 0.307 e. The number of rotatable bonds is 3. The number of carbonyl (C=O) groups is 2. The van der Waals surface area contributed by atoms with Crippen LogP contribution in [0.2, 0.25) is 0 Å². The Morgan fingerprint density at radius 2 is 2.19 bits per heavy atom. The van der Waals surface area contributed by atoms with Crippen molar-refractivity contribution in [1.29, 1.82) is 0 Å². The molecule has 4 nitrogen and oxygen atoms in total. The third-order valence-electron chi connectivity index (χ3n) is 3.69. The second-order valence-corrected chi connectivity index (χ2v) is 5.88. The van der Waals surface area contributed by atoms with Crippen molar-refractivity contribution in [2.75, 3.05) is 13.7 Å². The van der Waals surface area contributed by atoms with Gasteiger partial charge in [0.15, 0.2) is 0 Å². The second-order valence-electron chi connectivity index (χ2n) is 5.03. The van der Waals surface area contributed by atoms with Gasteiger partial charge in [-0.15, -0.1) is 0 Å². The molecule has 1 aromatic carbocycles. The van der Waals surface area contributed by atoms with E-state index >= 15 is 0 Å². The van der Waals surface area contributed by atoms with Crippen LogP contribution in [0.4, 0.5) is 4.39 Å². The minimum Gasteiger partial charge on any atom is -0.469 e. The number of hydrogen-bond donors (Lipinski definition) is 0. The molecule has 1 atom stereocenters. The number of ether oxygens (including phenoxy) is 1. The summed E-state index contributed by atoms with van der Waals surface area (Å²) in [6, 6.07) is 4.20. The van der Waals surface area contributed by atoms with Crippen LogP contribution in [0.15, 0.2) is 22.7 Å². The van der Waals surface area contributed by atoms with E-state index in [1.54, 1.807) is 17.0 Å². The highest BCUT2D eigenvalue weighted by atomic mass is 79.9. The predicted molar refractivity (Wildman–Crippen MR) is 79.4 cm³/mol. The highest BCUT2D eigenvalue weighted by molar-refractivity contribution is 9.10. The molecular weight excluding hydrogens is 341 g/mol. The molecule has 0 N–H and O–H groups in total. The fourth-order valence-electron chi connectivity index (χ4n) is 2.60. The van der Waals surface area contributed by atoms with E-state index in [1.807, 2.05) is 0 Å². The minimum absolute atomic E-state index is 0.0225. The summed E-state index contributed by atoms with van der Waals surface area (Å²) in [4.78, 5) is 25.7. The van der Waals surface area contributed by atoms with Crippen molar-refractivity contribution < 1.29 is 18.7 Å². The zero-order valence-corrected chi connectivity index (χ0v) is 13.4. The number of esters is 1. The van der Waals surface area contributed by atoms with Crippen LogP contribution in [0, 0.1) is 5.82 Å².